The van der Waals surface area contributed by atoms with E-state index in [-0.39, 0.29) is 12.5 Å². The zero-order chi connectivity index (χ0) is 20.5. The average molecular weight is 390 g/mol. The van der Waals surface area contributed by atoms with Gasteiger partial charge >= 0.3 is 11.8 Å². The molecule has 0 aliphatic carbocycles. The lowest BCUT2D eigenvalue weighted by atomic mass is 9.94. The second-order valence-corrected chi connectivity index (χ2v) is 7.35. The Balaban J connectivity index is 1.52. The molecule has 148 valence electrons. The minimum absolute atomic E-state index is 0.0306. The maximum Gasteiger partial charge on any atom is 0.309 e. The first-order chi connectivity index (χ1) is 13.9. The topological polar surface area (TPSA) is 108 Å². The number of hydrogen-bond acceptors (Lipinski definition) is 3. The van der Waals surface area contributed by atoms with Gasteiger partial charge in [0.1, 0.15) is 5.69 Å². The third-order valence-electron chi connectivity index (χ3n) is 5.32. The van der Waals surface area contributed by atoms with E-state index in [0.717, 1.165) is 33.2 Å². The standard InChI is InChI=1S/C22H22N4O3/c1-13-5-6-18-16(9-13)10-19(25-18)22(29)26-8-7-17-14(3-2-4-15(17)12-26)11-24-21(28)20(23)27/h2-6,9-10,25H,7-8,11-12H2,1H3,(H2,23,27)(H,24,28). The van der Waals surface area contributed by atoms with Gasteiger partial charge in [-0.2, -0.15) is 0 Å². The van der Waals surface area contributed by atoms with Crippen LogP contribution in [0.5, 0.6) is 0 Å². The first-order valence-electron chi connectivity index (χ1n) is 9.48. The molecule has 0 fully saturated rings. The van der Waals surface area contributed by atoms with Crippen molar-refractivity contribution in [2.75, 3.05) is 6.54 Å². The molecule has 7 heteroatoms. The highest BCUT2D eigenvalue weighted by Gasteiger charge is 2.24. The summed E-state index contributed by atoms with van der Waals surface area (Å²) in [4.78, 5) is 40.4. The Morgan fingerprint density at radius 2 is 2.00 bits per heavy atom. The highest BCUT2D eigenvalue weighted by atomic mass is 16.2. The number of amides is 3. The summed E-state index contributed by atoms with van der Waals surface area (Å²) in [5, 5.41) is 3.55. The fourth-order valence-electron chi connectivity index (χ4n) is 3.83. The van der Waals surface area contributed by atoms with Crippen LogP contribution in [-0.4, -0.2) is 34.2 Å². The van der Waals surface area contributed by atoms with Crippen molar-refractivity contribution in [1.82, 2.24) is 15.2 Å². The van der Waals surface area contributed by atoms with E-state index in [4.69, 9.17) is 5.73 Å². The van der Waals surface area contributed by atoms with Crippen molar-refractivity contribution in [3.8, 4) is 0 Å². The summed E-state index contributed by atoms with van der Waals surface area (Å²) in [5.74, 6) is -1.83. The molecule has 0 unspecified atom stereocenters. The van der Waals surface area contributed by atoms with Crippen molar-refractivity contribution < 1.29 is 14.4 Å². The van der Waals surface area contributed by atoms with E-state index in [1.807, 2.05) is 48.2 Å². The number of carbonyl (C=O) groups excluding carboxylic acids is 3. The lowest BCUT2D eigenvalue weighted by molar-refractivity contribution is -0.137. The highest BCUT2D eigenvalue weighted by molar-refractivity contribution is 6.34. The number of fused-ring (bicyclic) bond motifs is 2. The van der Waals surface area contributed by atoms with Crippen LogP contribution >= 0.6 is 0 Å². The van der Waals surface area contributed by atoms with Gasteiger partial charge in [0.25, 0.3) is 5.91 Å². The van der Waals surface area contributed by atoms with Gasteiger partial charge in [-0.25, -0.2) is 0 Å². The van der Waals surface area contributed by atoms with E-state index >= 15 is 0 Å². The Morgan fingerprint density at radius 1 is 1.17 bits per heavy atom. The third-order valence-corrected chi connectivity index (χ3v) is 5.32. The van der Waals surface area contributed by atoms with Crippen LogP contribution in [0.1, 0.15) is 32.7 Å². The zero-order valence-electron chi connectivity index (χ0n) is 16.1. The monoisotopic (exact) mass is 390 g/mol. The molecule has 7 nitrogen and oxygen atoms in total. The fraction of sp³-hybridized carbons (Fsp3) is 0.227. The predicted octanol–water partition coefficient (Wildman–Crippen LogP) is 1.78. The molecule has 0 bridgehead atoms. The number of nitrogens with two attached hydrogens (primary N) is 1. The van der Waals surface area contributed by atoms with Crippen molar-refractivity contribution in [3.05, 3.63) is 70.4 Å². The van der Waals surface area contributed by atoms with Crippen molar-refractivity contribution in [2.24, 2.45) is 5.73 Å². The molecule has 2 heterocycles. The molecule has 1 aromatic heterocycles. The number of benzene rings is 2. The fourth-order valence-corrected chi connectivity index (χ4v) is 3.83. The van der Waals surface area contributed by atoms with Crippen LogP contribution in [0.3, 0.4) is 0 Å². The molecule has 0 saturated carbocycles. The second kappa shape index (κ2) is 7.43. The van der Waals surface area contributed by atoms with Gasteiger partial charge in [0.15, 0.2) is 0 Å². The van der Waals surface area contributed by atoms with Crippen molar-refractivity contribution in [1.29, 1.82) is 0 Å². The van der Waals surface area contributed by atoms with Gasteiger partial charge in [0.2, 0.25) is 0 Å². The Labute approximate surface area is 167 Å². The maximum absolute atomic E-state index is 13.0. The smallest absolute Gasteiger partial charge is 0.309 e. The van der Waals surface area contributed by atoms with E-state index in [9.17, 15) is 14.4 Å². The average Bonchev–Trinajstić information content (AvgIpc) is 3.13. The molecule has 0 radical (unpaired) electrons. The highest BCUT2D eigenvalue weighted by Crippen LogP contribution is 2.25. The number of nitrogens with zero attached hydrogens (tertiary/aromatic N) is 1. The Morgan fingerprint density at radius 3 is 2.79 bits per heavy atom. The number of aromatic nitrogens is 1. The summed E-state index contributed by atoms with van der Waals surface area (Å²) < 4.78 is 0. The van der Waals surface area contributed by atoms with Crippen molar-refractivity contribution >= 4 is 28.6 Å². The normalized spacial score (nSPS) is 13.2. The molecule has 0 saturated heterocycles. The molecule has 3 aromatic rings. The minimum Gasteiger partial charge on any atom is -0.361 e. The van der Waals surface area contributed by atoms with E-state index < -0.39 is 11.8 Å². The van der Waals surface area contributed by atoms with Crippen LogP contribution in [0.4, 0.5) is 0 Å². The van der Waals surface area contributed by atoms with Gasteiger partial charge in [0.05, 0.1) is 0 Å². The largest absolute Gasteiger partial charge is 0.361 e. The summed E-state index contributed by atoms with van der Waals surface area (Å²) in [6, 6.07) is 13.8. The Hall–Kier alpha value is -3.61. The zero-order valence-corrected chi connectivity index (χ0v) is 16.1. The number of aromatic amines is 1. The van der Waals surface area contributed by atoms with Crippen LogP contribution in [0, 0.1) is 6.92 Å². The first-order valence-corrected chi connectivity index (χ1v) is 9.48. The van der Waals surface area contributed by atoms with Gasteiger partial charge in [-0.3, -0.25) is 14.4 Å². The summed E-state index contributed by atoms with van der Waals surface area (Å²) in [6.45, 7) is 3.35. The SMILES string of the molecule is Cc1ccc2[nH]c(C(=O)N3CCc4c(CNC(=O)C(N)=O)cccc4C3)cc2c1. The van der Waals surface area contributed by atoms with Gasteiger partial charge < -0.3 is 20.9 Å². The summed E-state index contributed by atoms with van der Waals surface area (Å²) in [6.07, 6.45) is 0.684. The second-order valence-electron chi connectivity index (χ2n) is 7.35. The number of nitrogens with one attached hydrogen (secondary N) is 2. The summed E-state index contributed by atoms with van der Waals surface area (Å²) >= 11 is 0. The maximum atomic E-state index is 13.0. The lowest BCUT2D eigenvalue weighted by Crippen LogP contribution is -2.38. The van der Waals surface area contributed by atoms with Gasteiger partial charge in [0, 0.05) is 30.5 Å². The molecule has 0 atom stereocenters. The number of hydrogen-bond donors (Lipinski definition) is 3. The lowest BCUT2D eigenvalue weighted by Gasteiger charge is -2.30. The van der Waals surface area contributed by atoms with E-state index in [2.05, 4.69) is 16.4 Å². The quantitative estimate of drug-likeness (QED) is 0.593. The molecule has 1 aliphatic heterocycles. The molecule has 4 rings (SSSR count). The number of rotatable bonds is 3. The molecular weight excluding hydrogens is 368 g/mol. The number of primary amides is 1. The van der Waals surface area contributed by atoms with Gasteiger partial charge in [-0.1, -0.05) is 29.8 Å². The molecule has 1 aliphatic rings. The van der Waals surface area contributed by atoms with Crippen LogP contribution in [0.25, 0.3) is 10.9 Å². The first kappa shape index (κ1) is 18.7. The van der Waals surface area contributed by atoms with E-state index in [0.29, 0.717) is 25.2 Å². The molecule has 29 heavy (non-hydrogen) atoms. The van der Waals surface area contributed by atoms with E-state index in [1.165, 1.54) is 0 Å². The molecule has 0 spiro atoms. The van der Waals surface area contributed by atoms with Gasteiger partial charge in [-0.05, 0) is 48.2 Å². The minimum atomic E-state index is -1.000. The molecular formula is C22H22N4O3. The van der Waals surface area contributed by atoms with E-state index in [1.54, 1.807) is 0 Å². The Kier molecular flexibility index (Phi) is 4.80. The van der Waals surface area contributed by atoms with Crippen molar-refractivity contribution in [3.63, 3.8) is 0 Å². The van der Waals surface area contributed by atoms with Crippen molar-refractivity contribution in [2.45, 2.75) is 26.4 Å². The molecule has 4 N–H and O–H groups in total. The van der Waals surface area contributed by atoms with Crippen LogP contribution < -0.4 is 11.1 Å². The Bertz CT molecular complexity index is 1130. The summed E-state index contributed by atoms with van der Waals surface area (Å²) in [5.41, 5.74) is 10.7. The third kappa shape index (κ3) is 3.71. The van der Waals surface area contributed by atoms with Crippen LogP contribution in [0.15, 0.2) is 42.5 Å². The predicted molar refractivity (Wildman–Crippen MR) is 109 cm³/mol. The number of aryl methyl sites for hydroxylation is 1. The summed E-state index contributed by atoms with van der Waals surface area (Å²) in [7, 11) is 0. The number of H-pyrrole nitrogens is 1. The van der Waals surface area contributed by atoms with Gasteiger partial charge in [-0.15, -0.1) is 0 Å². The molecule has 2 aromatic carbocycles. The molecule has 3 amide bonds. The number of carbonyl (C=O) groups is 3. The van der Waals surface area contributed by atoms with Crippen LogP contribution in [-0.2, 0) is 29.1 Å². The van der Waals surface area contributed by atoms with Crippen LogP contribution in [0.2, 0.25) is 0 Å².